The van der Waals surface area contributed by atoms with E-state index in [1.165, 1.54) is 70.3 Å². The molecular weight excluding hydrogens is 424 g/mol. The lowest BCUT2D eigenvalue weighted by atomic mass is 9.49. The van der Waals surface area contributed by atoms with E-state index >= 15 is 0 Å². The predicted octanol–water partition coefficient (Wildman–Crippen LogP) is 8.32. The van der Waals surface area contributed by atoms with Crippen molar-refractivity contribution in [2.45, 2.75) is 85.6 Å². The first-order chi connectivity index (χ1) is 16.6. The molecule has 0 aromatic rings. The molecule has 188 valence electrons. The summed E-state index contributed by atoms with van der Waals surface area (Å²) in [6.07, 6.45) is 20.0. The largest absolute Gasteiger partial charge is 0.382 e. The maximum Gasteiger partial charge on any atom is 0.0359 e. The Bertz CT molecular complexity index is 1060. The van der Waals surface area contributed by atoms with Crippen LogP contribution in [0, 0.1) is 11.3 Å². The fourth-order valence-corrected chi connectivity index (χ4v) is 6.49. The van der Waals surface area contributed by atoms with Gasteiger partial charge >= 0.3 is 0 Å². The molecule has 35 heavy (non-hydrogen) atoms. The van der Waals surface area contributed by atoms with E-state index in [-0.39, 0.29) is 0 Å². The average Bonchev–Trinajstić information content (AvgIpc) is 2.74. The van der Waals surface area contributed by atoms with Gasteiger partial charge in [-0.05, 0) is 125 Å². The molecule has 0 amide bonds. The van der Waals surface area contributed by atoms with Crippen molar-refractivity contribution >= 4 is 0 Å². The fourth-order valence-electron chi connectivity index (χ4n) is 6.49. The van der Waals surface area contributed by atoms with Crippen molar-refractivity contribution in [3.63, 3.8) is 0 Å². The summed E-state index contributed by atoms with van der Waals surface area (Å²) in [5, 5.41) is 3.83. The maximum absolute atomic E-state index is 4.54. The molecule has 0 radical (unpaired) electrons. The Morgan fingerprint density at radius 1 is 1.00 bits per heavy atom. The van der Waals surface area contributed by atoms with Crippen LogP contribution < -0.4 is 5.32 Å². The lowest BCUT2D eigenvalue weighted by Gasteiger charge is -2.58. The number of hydrogen-bond acceptors (Lipinski definition) is 2. The standard InChI is InChI=1S/C33H46N2/c1-22(2)29-18-33(19-29)20-30(21-33)34-25(7)32(24(5)6)31(23(3)4)17-26-9-11-27(12-10-26)28-13-15-35(8)16-14-28/h9,11,13-15,29-30,34H,1,7,10,12,16-21H2,2-6,8H3. The molecule has 2 saturated carbocycles. The molecule has 1 spiro atoms. The average molecular weight is 471 g/mol. The molecule has 4 aliphatic rings. The van der Waals surface area contributed by atoms with Gasteiger partial charge in [0.05, 0.1) is 0 Å². The van der Waals surface area contributed by atoms with E-state index in [1.54, 1.807) is 0 Å². The first-order valence-corrected chi connectivity index (χ1v) is 13.5. The second-order valence-electron chi connectivity index (χ2n) is 12.1. The summed E-state index contributed by atoms with van der Waals surface area (Å²) in [6.45, 7) is 20.9. The van der Waals surface area contributed by atoms with Crippen LogP contribution in [-0.4, -0.2) is 24.5 Å². The number of allylic oxidation sites excluding steroid dienone is 10. The Hall–Kier alpha value is -2.48. The Morgan fingerprint density at radius 2 is 1.71 bits per heavy atom. The summed E-state index contributed by atoms with van der Waals surface area (Å²) < 4.78 is 0. The molecule has 0 unspecified atom stereocenters. The van der Waals surface area contributed by atoms with E-state index in [0.717, 1.165) is 37.4 Å². The zero-order chi connectivity index (χ0) is 25.3. The molecule has 0 saturated heterocycles. The highest BCUT2D eigenvalue weighted by Crippen LogP contribution is 2.60. The van der Waals surface area contributed by atoms with Gasteiger partial charge in [0, 0.05) is 25.3 Å². The van der Waals surface area contributed by atoms with Crippen LogP contribution in [-0.2, 0) is 0 Å². The van der Waals surface area contributed by atoms with Crippen molar-refractivity contribution < 1.29 is 0 Å². The monoisotopic (exact) mass is 470 g/mol. The molecule has 0 aromatic carbocycles. The van der Waals surface area contributed by atoms with Crippen LogP contribution in [0.15, 0.2) is 93.9 Å². The number of nitrogens with one attached hydrogen (secondary N) is 1. The molecule has 0 bridgehead atoms. The Morgan fingerprint density at radius 3 is 2.23 bits per heavy atom. The van der Waals surface area contributed by atoms with E-state index in [9.17, 15) is 0 Å². The molecule has 3 aliphatic carbocycles. The Balaban J connectivity index is 1.40. The quantitative estimate of drug-likeness (QED) is 0.283. The zero-order valence-corrected chi connectivity index (χ0v) is 23.1. The van der Waals surface area contributed by atoms with Gasteiger partial charge in [-0.25, -0.2) is 0 Å². The fraction of sp³-hybridized carbons (Fsp3) is 0.515. The van der Waals surface area contributed by atoms with Gasteiger partial charge in [0.25, 0.3) is 0 Å². The first-order valence-electron chi connectivity index (χ1n) is 13.5. The summed E-state index contributed by atoms with van der Waals surface area (Å²) in [7, 11) is 2.12. The maximum atomic E-state index is 4.54. The van der Waals surface area contributed by atoms with Crippen molar-refractivity contribution in [2.75, 3.05) is 13.6 Å². The third kappa shape index (κ3) is 5.68. The molecule has 1 aliphatic heterocycles. The van der Waals surface area contributed by atoms with Crippen molar-refractivity contribution in [1.82, 2.24) is 10.2 Å². The van der Waals surface area contributed by atoms with Crippen molar-refractivity contribution in [3.8, 4) is 0 Å². The van der Waals surface area contributed by atoms with Crippen molar-refractivity contribution in [3.05, 3.63) is 93.9 Å². The van der Waals surface area contributed by atoms with Gasteiger partial charge in [0.15, 0.2) is 0 Å². The minimum atomic E-state index is 0.566. The van der Waals surface area contributed by atoms with Gasteiger partial charge in [-0.15, -0.1) is 0 Å². The molecule has 0 atom stereocenters. The van der Waals surface area contributed by atoms with Crippen LogP contribution in [0.25, 0.3) is 0 Å². The number of rotatable bonds is 8. The smallest absolute Gasteiger partial charge is 0.0359 e. The van der Waals surface area contributed by atoms with Crippen LogP contribution in [0.1, 0.15) is 79.6 Å². The number of nitrogens with zero attached hydrogens (tertiary/aromatic N) is 1. The van der Waals surface area contributed by atoms with Crippen LogP contribution in [0.5, 0.6) is 0 Å². The lowest BCUT2D eigenvalue weighted by molar-refractivity contribution is -0.0327. The molecule has 2 heteroatoms. The van der Waals surface area contributed by atoms with E-state index in [2.05, 4.69) is 95.5 Å². The Kier molecular flexibility index (Phi) is 7.50. The summed E-state index contributed by atoms with van der Waals surface area (Å²) in [5.74, 6) is 0.759. The normalized spacial score (nSPS) is 27.1. The number of hydrogen-bond donors (Lipinski definition) is 1. The summed E-state index contributed by atoms with van der Waals surface area (Å²) >= 11 is 0. The molecule has 1 heterocycles. The second kappa shape index (κ2) is 10.2. The third-order valence-electron chi connectivity index (χ3n) is 8.62. The van der Waals surface area contributed by atoms with Crippen LogP contribution in [0.2, 0.25) is 0 Å². The van der Waals surface area contributed by atoms with Crippen LogP contribution in [0.4, 0.5) is 0 Å². The number of likely N-dealkylation sites (N-methyl/N-ethyl adjacent to an activating group) is 1. The molecular formula is C33H46N2. The highest BCUT2D eigenvalue weighted by atomic mass is 15.1. The zero-order valence-electron chi connectivity index (χ0n) is 23.1. The highest BCUT2D eigenvalue weighted by molar-refractivity contribution is 5.52. The SMILES string of the molecule is C=C(NC1CC2(C1)CC(C(=C)C)C2)C(=C(C)C)C(CC1=CC=C(C2=CCN(C)C=C2)CC1)=C(C)C. The topological polar surface area (TPSA) is 15.3 Å². The molecule has 2 fully saturated rings. The molecule has 1 N–H and O–H groups in total. The van der Waals surface area contributed by atoms with Crippen molar-refractivity contribution in [1.29, 1.82) is 0 Å². The van der Waals surface area contributed by atoms with Crippen LogP contribution in [0.3, 0.4) is 0 Å². The third-order valence-corrected chi connectivity index (χ3v) is 8.62. The molecule has 2 nitrogen and oxygen atoms in total. The van der Waals surface area contributed by atoms with Gasteiger partial charge in [-0.2, -0.15) is 0 Å². The van der Waals surface area contributed by atoms with Crippen LogP contribution >= 0.6 is 0 Å². The van der Waals surface area contributed by atoms with Gasteiger partial charge in [-0.3, -0.25) is 0 Å². The lowest BCUT2D eigenvalue weighted by Crippen LogP contribution is -2.55. The van der Waals surface area contributed by atoms with E-state index in [1.807, 2.05) is 0 Å². The first kappa shape index (κ1) is 25.6. The Labute approximate surface area is 214 Å². The minimum Gasteiger partial charge on any atom is -0.382 e. The van der Waals surface area contributed by atoms with E-state index in [0.29, 0.717) is 11.5 Å². The molecule has 0 aromatic heterocycles. The predicted molar refractivity (Wildman–Crippen MR) is 152 cm³/mol. The summed E-state index contributed by atoms with van der Waals surface area (Å²) in [4.78, 5) is 2.21. The summed E-state index contributed by atoms with van der Waals surface area (Å²) in [6, 6.07) is 0.566. The van der Waals surface area contributed by atoms with Gasteiger partial charge in [0.1, 0.15) is 0 Å². The highest BCUT2D eigenvalue weighted by Gasteiger charge is 2.52. The van der Waals surface area contributed by atoms with Crippen molar-refractivity contribution in [2.24, 2.45) is 11.3 Å². The minimum absolute atomic E-state index is 0.566. The van der Waals surface area contributed by atoms with Gasteiger partial charge in [-0.1, -0.05) is 53.7 Å². The molecule has 4 rings (SSSR count). The van der Waals surface area contributed by atoms with Gasteiger partial charge in [0.2, 0.25) is 0 Å². The summed E-state index contributed by atoms with van der Waals surface area (Å²) in [5.41, 5.74) is 13.0. The van der Waals surface area contributed by atoms with E-state index in [4.69, 9.17) is 0 Å². The van der Waals surface area contributed by atoms with E-state index < -0.39 is 0 Å². The van der Waals surface area contributed by atoms with Gasteiger partial charge < -0.3 is 10.2 Å². The second-order valence-corrected chi connectivity index (χ2v) is 12.1.